The lowest BCUT2D eigenvalue weighted by Crippen LogP contribution is -2.26. The molecule has 47 heavy (non-hydrogen) atoms. The summed E-state index contributed by atoms with van der Waals surface area (Å²) in [4.78, 5) is 31.6. The molecule has 5 rings (SSSR count). The minimum Gasteiger partial charge on any atom is -0.494 e. The Hall–Kier alpha value is -4.21. The summed E-state index contributed by atoms with van der Waals surface area (Å²) >= 11 is 7.87. The van der Waals surface area contributed by atoms with Crippen molar-refractivity contribution in [1.29, 1.82) is 0 Å². The van der Waals surface area contributed by atoms with Crippen LogP contribution in [-0.2, 0) is 9.53 Å². The van der Waals surface area contributed by atoms with Crippen LogP contribution in [0, 0.1) is 32.6 Å². The van der Waals surface area contributed by atoms with Crippen molar-refractivity contribution in [1.82, 2.24) is 20.1 Å². The predicted molar refractivity (Wildman–Crippen MR) is 187 cm³/mol. The number of nitrogens with one attached hydrogen (secondary N) is 1. The molecule has 10 nitrogen and oxygen atoms in total. The molecule has 246 valence electrons. The van der Waals surface area contributed by atoms with E-state index in [1.807, 2.05) is 35.8 Å². The zero-order chi connectivity index (χ0) is 32.8. The Bertz CT molecular complexity index is 1860. The summed E-state index contributed by atoms with van der Waals surface area (Å²) in [6.45, 7) is 7.19. The van der Waals surface area contributed by atoms with Gasteiger partial charge in [-0.2, -0.15) is 0 Å². The van der Waals surface area contributed by atoms with Crippen molar-refractivity contribution in [2.75, 3.05) is 26.8 Å². The molecular weight excluding hydrogens is 659 g/mol. The number of fused-ring (bicyclic) bond motifs is 3. The van der Waals surface area contributed by atoms with Crippen LogP contribution in [-0.4, -0.2) is 59.2 Å². The Kier molecular flexibility index (Phi) is 12.2. The number of nitrogens with two attached hydrogens (primary N) is 1. The smallest absolute Gasteiger partial charge is 0.339 e. The first-order valence-electron chi connectivity index (χ1n) is 14.9. The second kappa shape index (κ2) is 16.1. The molecule has 1 amide bonds. The van der Waals surface area contributed by atoms with E-state index in [4.69, 9.17) is 31.8 Å². The molecule has 0 saturated carbocycles. The van der Waals surface area contributed by atoms with Crippen LogP contribution in [0.5, 0.6) is 5.75 Å². The summed E-state index contributed by atoms with van der Waals surface area (Å²) < 4.78 is 12.7. The average Bonchev–Trinajstić information content (AvgIpc) is 3.53. The summed E-state index contributed by atoms with van der Waals surface area (Å²) in [6, 6.07) is 12.1. The number of carbonyl (C=O) groups is 2. The summed E-state index contributed by atoms with van der Waals surface area (Å²) in [7, 11) is 1.32. The van der Waals surface area contributed by atoms with Crippen molar-refractivity contribution in [3.8, 4) is 22.6 Å². The average molecular weight is 696 g/mol. The van der Waals surface area contributed by atoms with Crippen molar-refractivity contribution in [3.05, 3.63) is 91.8 Å². The maximum Gasteiger partial charge on any atom is 0.339 e. The van der Waals surface area contributed by atoms with Crippen LogP contribution in [0.1, 0.15) is 74.4 Å². The molecule has 0 bridgehead atoms. The summed E-state index contributed by atoms with van der Waals surface area (Å²) in [6.07, 6.45) is 1.54. The number of ether oxygens (including phenoxy) is 2. The molecule has 13 heteroatoms. The van der Waals surface area contributed by atoms with E-state index < -0.39 is 12.0 Å². The van der Waals surface area contributed by atoms with Gasteiger partial charge in [0.2, 0.25) is 5.91 Å². The van der Waals surface area contributed by atoms with Gasteiger partial charge in [0, 0.05) is 33.1 Å². The fourth-order valence-electron chi connectivity index (χ4n) is 5.18. The molecule has 4 aromatic rings. The Balaban J connectivity index is 0.00000500. The van der Waals surface area contributed by atoms with E-state index in [1.165, 1.54) is 12.0 Å². The lowest BCUT2D eigenvalue weighted by Gasteiger charge is -2.13. The highest BCUT2D eigenvalue weighted by molar-refractivity contribution is 7.15. The highest BCUT2D eigenvalue weighted by Gasteiger charge is 2.32. The van der Waals surface area contributed by atoms with E-state index >= 15 is 0 Å². The van der Waals surface area contributed by atoms with Gasteiger partial charge in [-0.1, -0.05) is 35.6 Å². The van der Waals surface area contributed by atoms with Crippen LogP contribution in [0.4, 0.5) is 0 Å². The molecule has 0 spiro atoms. The number of aliphatic imine (C=N–C) groups is 1. The van der Waals surface area contributed by atoms with Crippen molar-refractivity contribution in [3.63, 3.8) is 0 Å². The number of hydrogen-bond donors (Lipinski definition) is 2. The number of thiophene rings is 1. The number of methoxy groups -OCH3 is 1. The monoisotopic (exact) mass is 694 g/mol. The fourth-order valence-corrected chi connectivity index (χ4v) is 6.52. The van der Waals surface area contributed by atoms with Gasteiger partial charge in [0.05, 0.1) is 38.0 Å². The normalized spacial score (nSPS) is 13.1. The van der Waals surface area contributed by atoms with E-state index in [-0.39, 0.29) is 31.3 Å². The third-order valence-electron chi connectivity index (χ3n) is 7.62. The number of amides is 1. The molecule has 1 aliphatic heterocycles. The molecule has 0 saturated heterocycles. The Labute approximate surface area is 289 Å². The van der Waals surface area contributed by atoms with Gasteiger partial charge in [-0.3, -0.25) is 14.4 Å². The molecule has 0 radical (unpaired) electrons. The number of aryl methyl sites for hydroxylation is 2. The Morgan fingerprint density at radius 1 is 1.11 bits per heavy atom. The van der Waals surface area contributed by atoms with E-state index in [2.05, 4.69) is 41.2 Å². The topological polar surface area (TPSA) is 134 Å². The van der Waals surface area contributed by atoms with Gasteiger partial charge >= 0.3 is 5.97 Å². The van der Waals surface area contributed by atoms with Crippen molar-refractivity contribution < 1.29 is 19.1 Å². The van der Waals surface area contributed by atoms with Gasteiger partial charge in [0.15, 0.2) is 5.82 Å². The first-order chi connectivity index (χ1) is 22.2. The predicted octanol–water partition coefficient (Wildman–Crippen LogP) is 5.68. The third-order valence-corrected chi connectivity index (χ3v) is 9.06. The molecule has 1 aliphatic rings. The third kappa shape index (κ3) is 8.03. The summed E-state index contributed by atoms with van der Waals surface area (Å²) in [5, 5.41) is 13.5. The zero-order valence-corrected chi connectivity index (χ0v) is 28.9. The molecule has 3 heterocycles. The van der Waals surface area contributed by atoms with Crippen molar-refractivity contribution in [2.24, 2.45) is 10.7 Å². The first kappa shape index (κ1) is 35.6. The number of esters is 1. The number of hydrogen-bond acceptors (Lipinski definition) is 9. The number of benzene rings is 2. The van der Waals surface area contributed by atoms with Gasteiger partial charge in [0.25, 0.3) is 0 Å². The second-order valence-electron chi connectivity index (χ2n) is 10.7. The molecule has 1 atom stereocenters. The number of aromatic nitrogens is 3. The molecule has 0 fully saturated rings. The lowest BCUT2D eigenvalue weighted by atomic mass is 9.99. The van der Waals surface area contributed by atoms with Crippen LogP contribution in [0.3, 0.4) is 0 Å². The molecule has 2 aromatic carbocycles. The van der Waals surface area contributed by atoms with Gasteiger partial charge < -0.3 is 20.5 Å². The number of unbranched alkanes of at least 4 members (excludes halogenated alkanes) is 1. The second-order valence-corrected chi connectivity index (χ2v) is 12.4. The minimum atomic E-state index is -0.529. The highest BCUT2D eigenvalue weighted by atomic mass is 35.5. The lowest BCUT2D eigenvalue weighted by molar-refractivity contribution is -0.121. The van der Waals surface area contributed by atoms with E-state index in [0.717, 1.165) is 33.2 Å². The van der Waals surface area contributed by atoms with Crippen LogP contribution in [0.25, 0.3) is 5.00 Å². The molecule has 3 N–H and O–H groups in total. The van der Waals surface area contributed by atoms with Gasteiger partial charge in [-0.05, 0) is 69.5 Å². The van der Waals surface area contributed by atoms with Crippen LogP contribution in [0.2, 0.25) is 5.02 Å². The van der Waals surface area contributed by atoms with E-state index in [0.29, 0.717) is 53.7 Å². The van der Waals surface area contributed by atoms with E-state index in [9.17, 15) is 9.59 Å². The number of halogens is 2. The number of carbonyl (C=O) groups excluding carboxylic acids is 2. The molecule has 2 aromatic heterocycles. The molecule has 0 unspecified atom stereocenters. The van der Waals surface area contributed by atoms with Gasteiger partial charge in [0.1, 0.15) is 22.6 Å². The van der Waals surface area contributed by atoms with Crippen LogP contribution in [0.15, 0.2) is 47.5 Å². The Morgan fingerprint density at radius 2 is 1.87 bits per heavy atom. The Morgan fingerprint density at radius 3 is 2.60 bits per heavy atom. The highest BCUT2D eigenvalue weighted by Crippen LogP contribution is 2.39. The number of rotatable bonds is 10. The van der Waals surface area contributed by atoms with Crippen LogP contribution < -0.4 is 15.8 Å². The largest absolute Gasteiger partial charge is 0.494 e. The number of nitrogens with zero attached hydrogens (tertiary/aromatic N) is 4. The quantitative estimate of drug-likeness (QED) is 0.124. The van der Waals surface area contributed by atoms with Crippen LogP contribution >= 0.6 is 35.3 Å². The minimum absolute atomic E-state index is 0. The maximum absolute atomic E-state index is 13.2. The summed E-state index contributed by atoms with van der Waals surface area (Å²) in [5.41, 5.74) is 10.2. The maximum atomic E-state index is 13.2. The first-order valence-corrected chi connectivity index (χ1v) is 16.1. The standard InChI is InChI=1S/C34H35ClN6O4S.ClH/c1-20-21(2)46-33-30(20)31(23-9-11-25(35)12-10-23)38-28(32-40-39-22(3)41(32)33)19-29(42)37-16-5-6-17-45-26-13-14-27(34(43)44-4)24(18-26)8-7-15-36;/h9-14,18,28H,5-6,15-17,19,36H2,1-4H3,(H,37,42);1H/t28-;/m0./s1. The fraction of sp³-hybridized carbons (Fsp3) is 0.324. The van der Waals surface area contributed by atoms with Crippen molar-refractivity contribution in [2.45, 2.75) is 46.1 Å². The zero-order valence-electron chi connectivity index (χ0n) is 26.6. The van der Waals surface area contributed by atoms with E-state index in [1.54, 1.807) is 29.5 Å². The SMILES string of the molecule is COC(=O)c1ccc(OCCCCNC(=O)C[C@@H]2N=C(c3ccc(Cl)cc3)c3c(sc(C)c3C)-n3c(C)nnc32)cc1C#CCN.Cl. The van der Waals surface area contributed by atoms with Gasteiger partial charge in [-0.25, -0.2) is 4.79 Å². The molecular formula is C34H36Cl2N6O4S. The summed E-state index contributed by atoms with van der Waals surface area (Å²) in [5.74, 6) is 7.01. The van der Waals surface area contributed by atoms with Crippen molar-refractivity contribution >= 4 is 52.9 Å². The van der Waals surface area contributed by atoms with Gasteiger partial charge in [-0.15, -0.1) is 33.9 Å². The molecule has 0 aliphatic carbocycles.